The van der Waals surface area contributed by atoms with E-state index >= 15 is 0 Å². The fourth-order valence-corrected chi connectivity index (χ4v) is 1.91. The van der Waals surface area contributed by atoms with E-state index in [2.05, 4.69) is 17.6 Å². The normalized spacial score (nSPS) is 21.8. The van der Waals surface area contributed by atoms with Crippen LogP contribution in [0.4, 0.5) is 0 Å². The van der Waals surface area contributed by atoms with Crippen molar-refractivity contribution in [3.8, 4) is 0 Å². The molecule has 0 aromatic rings. The van der Waals surface area contributed by atoms with E-state index in [0.717, 1.165) is 45.3 Å². The second-order valence-corrected chi connectivity index (χ2v) is 4.39. The highest BCUT2D eigenvalue weighted by atomic mass is 16.5. The summed E-state index contributed by atoms with van der Waals surface area (Å²) in [6.45, 7) is 8.69. The number of rotatable bonds is 8. The molecule has 1 rings (SSSR count). The van der Waals surface area contributed by atoms with E-state index < -0.39 is 0 Å². The quantitative estimate of drug-likeness (QED) is 0.599. The predicted molar refractivity (Wildman–Crippen MR) is 64.2 cm³/mol. The molecule has 3 nitrogen and oxygen atoms in total. The van der Waals surface area contributed by atoms with Gasteiger partial charge in [-0.3, -0.25) is 0 Å². The molecule has 0 aromatic carbocycles. The third kappa shape index (κ3) is 6.88. The second kappa shape index (κ2) is 9.13. The highest BCUT2D eigenvalue weighted by Crippen LogP contribution is 2.11. The van der Waals surface area contributed by atoms with Crippen molar-refractivity contribution in [1.29, 1.82) is 0 Å². The molecule has 1 fully saturated rings. The molecule has 1 heterocycles. The maximum absolute atomic E-state index is 5.44. The average Bonchev–Trinajstić information content (AvgIpc) is 2.29. The molecule has 1 aliphatic heterocycles. The minimum absolute atomic E-state index is 0.752. The zero-order valence-electron chi connectivity index (χ0n) is 10.1. The molecule has 1 aliphatic rings. The van der Waals surface area contributed by atoms with Crippen molar-refractivity contribution < 1.29 is 4.74 Å². The molecule has 0 spiro atoms. The Morgan fingerprint density at radius 1 is 1.20 bits per heavy atom. The molecule has 0 aromatic heterocycles. The number of ether oxygens (including phenoxy) is 1. The van der Waals surface area contributed by atoms with Crippen LogP contribution in [0.1, 0.15) is 32.6 Å². The summed E-state index contributed by atoms with van der Waals surface area (Å²) < 4.78 is 5.44. The summed E-state index contributed by atoms with van der Waals surface area (Å²) in [4.78, 5) is 0. The Bertz CT molecular complexity index is 136. The van der Waals surface area contributed by atoms with Gasteiger partial charge in [-0.1, -0.05) is 6.92 Å². The van der Waals surface area contributed by atoms with E-state index in [9.17, 15) is 0 Å². The fourth-order valence-electron chi connectivity index (χ4n) is 1.91. The van der Waals surface area contributed by atoms with E-state index in [1.807, 2.05) is 0 Å². The summed E-state index contributed by atoms with van der Waals surface area (Å²) in [6.07, 6.45) is 5.03. The third-order valence-electron chi connectivity index (χ3n) is 2.82. The summed E-state index contributed by atoms with van der Waals surface area (Å²) in [5.41, 5.74) is 0. The molecule has 0 saturated carbocycles. The molecule has 1 unspecified atom stereocenters. The van der Waals surface area contributed by atoms with Crippen molar-refractivity contribution in [3.63, 3.8) is 0 Å². The van der Waals surface area contributed by atoms with Crippen LogP contribution >= 0.6 is 0 Å². The van der Waals surface area contributed by atoms with E-state index in [0.29, 0.717) is 0 Å². The summed E-state index contributed by atoms with van der Waals surface area (Å²) in [5, 5.41) is 6.92. The first-order valence-electron chi connectivity index (χ1n) is 6.42. The molecule has 0 amide bonds. The molecule has 3 heteroatoms. The minimum Gasteiger partial charge on any atom is -0.381 e. The fraction of sp³-hybridized carbons (Fsp3) is 1.00. The van der Waals surface area contributed by atoms with Crippen LogP contribution in [0.15, 0.2) is 0 Å². The van der Waals surface area contributed by atoms with Crippen LogP contribution in [0.2, 0.25) is 0 Å². The first-order valence-corrected chi connectivity index (χ1v) is 6.42. The van der Waals surface area contributed by atoms with Gasteiger partial charge >= 0.3 is 0 Å². The second-order valence-electron chi connectivity index (χ2n) is 4.39. The van der Waals surface area contributed by atoms with E-state index in [1.165, 1.54) is 25.7 Å². The van der Waals surface area contributed by atoms with Gasteiger partial charge in [-0.2, -0.15) is 0 Å². The topological polar surface area (TPSA) is 33.3 Å². The van der Waals surface area contributed by atoms with Gasteiger partial charge in [0.2, 0.25) is 0 Å². The lowest BCUT2D eigenvalue weighted by molar-refractivity contribution is 0.0549. The minimum atomic E-state index is 0.752. The largest absolute Gasteiger partial charge is 0.381 e. The molecule has 1 atom stereocenters. The van der Waals surface area contributed by atoms with Crippen LogP contribution in [0.25, 0.3) is 0 Å². The van der Waals surface area contributed by atoms with E-state index in [4.69, 9.17) is 4.74 Å². The average molecular weight is 214 g/mol. The first-order chi connectivity index (χ1) is 7.43. The Labute approximate surface area is 94.0 Å². The monoisotopic (exact) mass is 214 g/mol. The maximum atomic E-state index is 5.44. The lowest BCUT2D eigenvalue weighted by atomic mass is 10.0. The summed E-state index contributed by atoms with van der Waals surface area (Å²) >= 11 is 0. The standard InChI is InChI=1S/C12H26N2O/c1-2-6-13-7-4-8-14-10-12-5-3-9-15-11-12/h12-14H,2-11H2,1H3. The van der Waals surface area contributed by atoms with Crippen LogP contribution in [0.5, 0.6) is 0 Å². The Morgan fingerprint density at radius 3 is 2.80 bits per heavy atom. The van der Waals surface area contributed by atoms with Gasteiger partial charge in [0.15, 0.2) is 0 Å². The van der Waals surface area contributed by atoms with Crippen molar-refractivity contribution in [1.82, 2.24) is 10.6 Å². The highest BCUT2D eigenvalue weighted by molar-refractivity contribution is 4.65. The highest BCUT2D eigenvalue weighted by Gasteiger charge is 2.12. The summed E-state index contributed by atoms with van der Waals surface area (Å²) in [6, 6.07) is 0. The molecular weight excluding hydrogens is 188 g/mol. The molecule has 0 aliphatic carbocycles. The van der Waals surface area contributed by atoms with E-state index in [1.54, 1.807) is 0 Å². The predicted octanol–water partition coefficient (Wildman–Crippen LogP) is 1.39. The van der Waals surface area contributed by atoms with Gasteiger partial charge in [0.05, 0.1) is 6.61 Å². The molecule has 90 valence electrons. The van der Waals surface area contributed by atoms with Gasteiger partial charge in [-0.05, 0) is 51.2 Å². The van der Waals surface area contributed by atoms with Crippen LogP contribution in [-0.2, 0) is 4.74 Å². The number of hydrogen-bond acceptors (Lipinski definition) is 3. The first kappa shape index (κ1) is 12.9. The van der Waals surface area contributed by atoms with Gasteiger partial charge in [-0.15, -0.1) is 0 Å². The molecule has 2 N–H and O–H groups in total. The number of nitrogens with one attached hydrogen (secondary N) is 2. The zero-order chi connectivity index (χ0) is 10.8. The molecule has 0 radical (unpaired) electrons. The molecule has 15 heavy (non-hydrogen) atoms. The van der Waals surface area contributed by atoms with Gasteiger partial charge < -0.3 is 15.4 Å². The number of hydrogen-bond donors (Lipinski definition) is 2. The van der Waals surface area contributed by atoms with E-state index in [-0.39, 0.29) is 0 Å². The Morgan fingerprint density at radius 2 is 2.07 bits per heavy atom. The van der Waals surface area contributed by atoms with Gasteiger partial charge in [0.1, 0.15) is 0 Å². The lowest BCUT2D eigenvalue weighted by Gasteiger charge is -2.22. The van der Waals surface area contributed by atoms with Crippen LogP contribution in [-0.4, -0.2) is 39.4 Å². The molecule has 1 saturated heterocycles. The third-order valence-corrected chi connectivity index (χ3v) is 2.82. The zero-order valence-corrected chi connectivity index (χ0v) is 10.1. The maximum Gasteiger partial charge on any atom is 0.0506 e. The molecule has 0 bridgehead atoms. The van der Waals surface area contributed by atoms with Gasteiger partial charge in [0, 0.05) is 13.2 Å². The van der Waals surface area contributed by atoms with Crippen LogP contribution < -0.4 is 10.6 Å². The lowest BCUT2D eigenvalue weighted by Crippen LogP contribution is -2.31. The SMILES string of the molecule is CCCNCCCNCC1CCCOC1. The van der Waals surface area contributed by atoms with Gasteiger partial charge in [0.25, 0.3) is 0 Å². The van der Waals surface area contributed by atoms with Crippen LogP contribution in [0.3, 0.4) is 0 Å². The van der Waals surface area contributed by atoms with Crippen molar-refractivity contribution in [2.75, 3.05) is 39.4 Å². The van der Waals surface area contributed by atoms with Crippen molar-refractivity contribution >= 4 is 0 Å². The van der Waals surface area contributed by atoms with Gasteiger partial charge in [-0.25, -0.2) is 0 Å². The van der Waals surface area contributed by atoms with Crippen molar-refractivity contribution in [3.05, 3.63) is 0 Å². The van der Waals surface area contributed by atoms with Crippen molar-refractivity contribution in [2.24, 2.45) is 5.92 Å². The Hall–Kier alpha value is -0.120. The van der Waals surface area contributed by atoms with Crippen molar-refractivity contribution in [2.45, 2.75) is 32.6 Å². The molecular formula is C12H26N2O. The Kier molecular flexibility index (Phi) is 7.88. The smallest absolute Gasteiger partial charge is 0.0506 e. The van der Waals surface area contributed by atoms with Crippen LogP contribution in [0, 0.1) is 5.92 Å². The Balaban J connectivity index is 1.79. The summed E-state index contributed by atoms with van der Waals surface area (Å²) in [7, 11) is 0. The summed E-state index contributed by atoms with van der Waals surface area (Å²) in [5.74, 6) is 0.752.